The Labute approximate surface area is 173 Å². The Morgan fingerprint density at radius 1 is 0.828 bits per heavy atom. The second-order valence-corrected chi connectivity index (χ2v) is 7.52. The molecule has 1 unspecified atom stereocenters. The van der Waals surface area contributed by atoms with Gasteiger partial charge in [0.15, 0.2) is 17.5 Å². The molecule has 0 fully saturated rings. The fourth-order valence-electron chi connectivity index (χ4n) is 3.68. The number of benzene rings is 1. The highest BCUT2D eigenvalue weighted by Crippen LogP contribution is 2.31. The lowest BCUT2D eigenvalue weighted by atomic mass is 9.91. The molecule has 0 saturated carbocycles. The van der Waals surface area contributed by atoms with E-state index >= 15 is 0 Å². The van der Waals surface area contributed by atoms with Crippen molar-refractivity contribution in [3.05, 3.63) is 35.1 Å². The molecule has 0 saturated heterocycles. The third-order valence-corrected chi connectivity index (χ3v) is 5.19. The van der Waals surface area contributed by atoms with E-state index in [0.29, 0.717) is 38.0 Å². The van der Waals surface area contributed by atoms with E-state index in [2.05, 4.69) is 6.92 Å². The van der Waals surface area contributed by atoms with Crippen LogP contribution in [0.2, 0.25) is 0 Å². The summed E-state index contributed by atoms with van der Waals surface area (Å²) in [6.45, 7) is 6.42. The smallest absolute Gasteiger partial charge is 0.283 e. The van der Waals surface area contributed by atoms with Gasteiger partial charge in [0.2, 0.25) is 0 Å². The predicted molar refractivity (Wildman–Crippen MR) is 109 cm³/mol. The summed E-state index contributed by atoms with van der Waals surface area (Å²) in [5.41, 5.74) is 0.399. The first-order valence-electron chi connectivity index (χ1n) is 11.0. The molecule has 1 atom stereocenters. The summed E-state index contributed by atoms with van der Waals surface area (Å²) in [5, 5.41) is 10.9. The van der Waals surface area contributed by atoms with Gasteiger partial charge < -0.3 is 14.6 Å². The van der Waals surface area contributed by atoms with Gasteiger partial charge in [0.05, 0.1) is 0 Å². The van der Waals surface area contributed by atoms with E-state index in [9.17, 15) is 18.3 Å². The summed E-state index contributed by atoms with van der Waals surface area (Å²) in [6, 6.07) is 2.05. The average Bonchev–Trinajstić information content (AvgIpc) is 2.67. The molecule has 29 heavy (non-hydrogen) atoms. The minimum Gasteiger partial charge on any atom is -0.343 e. The molecule has 0 heterocycles. The molecule has 1 N–H and O–H groups in total. The molecule has 1 rings (SSSR count). The molecule has 0 spiro atoms. The van der Waals surface area contributed by atoms with Gasteiger partial charge >= 0.3 is 0 Å². The molecular weight excluding hydrogens is 381 g/mol. The van der Waals surface area contributed by atoms with Crippen LogP contribution >= 0.6 is 0 Å². The van der Waals surface area contributed by atoms with E-state index in [0.717, 1.165) is 37.8 Å². The van der Waals surface area contributed by atoms with Gasteiger partial charge in [0.25, 0.3) is 5.97 Å². The van der Waals surface area contributed by atoms with Crippen LogP contribution in [-0.4, -0.2) is 24.3 Å². The van der Waals surface area contributed by atoms with Crippen LogP contribution in [0.3, 0.4) is 0 Å². The topological polar surface area (TPSA) is 38.7 Å². The quantitative estimate of drug-likeness (QED) is 0.189. The minimum atomic E-state index is -1.66. The molecule has 1 aromatic carbocycles. The van der Waals surface area contributed by atoms with Gasteiger partial charge in [0.1, 0.15) is 0 Å². The Balaban J connectivity index is 2.69. The Morgan fingerprint density at radius 2 is 1.34 bits per heavy atom. The van der Waals surface area contributed by atoms with Gasteiger partial charge in [-0.3, -0.25) is 0 Å². The van der Waals surface area contributed by atoms with E-state index < -0.39 is 23.4 Å². The van der Waals surface area contributed by atoms with Crippen molar-refractivity contribution < 1.29 is 27.8 Å². The lowest BCUT2D eigenvalue weighted by Gasteiger charge is -2.35. The number of aliphatic hydroxyl groups is 1. The number of halogens is 3. The van der Waals surface area contributed by atoms with Crippen LogP contribution in [0.15, 0.2) is 12.1 Å². The molecule has 6 heteroatoms. The summed E-state index contributed by atoms with van der Waals surface area (Å²) in [6.07, 6.45) is 9.12. The van der Waals surface area contributed by atoms with Crippen LogP contribution in [0, 0.1) is 23.4 Å². The SMILES string of the molecule is CCCCCCCCC(CCCc1cc(F)c(F)c(F)c1)C(O)(OCC)OCC. The zero-order chi connectivity index (χ0) is 21.7. The second kappa shape index (κ2) is 14.0. The van der Waals surface area contributed by atoms with E-state index in [4.69, 9.17) is 9.47 Å². The monoisotopic (exact) mass is 418 g/mol. The predicted octanol–water partition coefficient (Wildman–Crippen LogP) is 6.51. The van der Waals surface area contributed by atoms with Gasteiger partial charge in [-0.25, -0.2) is 13.2 Å². The van der Waals surface area contributed by atoms with E-state index in [1.807, 2.05) is 0 Å². The van der Waals surface area contributed by atoms with Crippen molar-refractivity contribution in [2.24, 2.45) is 5.92 Å². The van der Waals surface area contributed by atoms with Crippen LogP contribution in [-0.2, 0) is 15.9 Å². The molecule has 0 aliphatic heterocycles. The van der Waals surface area contributed by atoms with Crippen molar-refractivity contribution in [2.75, 3.05) is 13.2 Å². The largest absolute Gasteiger partial charge is 0.343 e. The van der Waals surface area contributed by atoms with Crippen molar-refractivity contribution in [1.29, 1.82) is 0 Å². The zero-order valence-corrected chi connectivity index (χ0v) is 18.1. The van der Waals surface area contributed by atoms with Crippen LogP contribution < -0.4 is 0 Å². The molecule has 0 aromatic heterocycles. The summed E-state index contributed by atoms with van der Waals surface area (Å²) >= 11 is 0. The van der Waals surface area contributed by atoms with Crippen LogP contribution in [0.4, 0.5) is 13.2 Å². The molecule has 0 radical (unpaired) electrons. The first-order chi connectivity index (χ1) is 13.9. The maximum absolute atomic E-state index is 13.4. The highest BCUT2D eigenvalue weighted by molar-refractivity contribution is 5.19. The third kappa shape index (κ3) is 9.06. The van der Waals surface area contributed by atoms with Crippen molar-refractivity contribution in [1.82, 2.24) is 0 Å². The summed E-state index contributed by atoms with van der Waals surface area (Å²) in [4.78, 5) is 0. The van der Waals surface area contributed by atoms with E-state index in [1.54, 1.807) is 13.8 Å². The zero-order valence-electron chi connectivity index (χ0n) is 18.1. The van der Waals surface area contributed by atoms with Crippen LogP contribution in [0.1, 0.15) is 84.1 Å². The first kappa shape index (κ1) is 25.9. The van der Waals surface area contributed by atoms with Crippen molar-refractivity contribution in [3.63, 3.8) is 0 Å². The maximum Gasteiger partial charge on any atom is 0.283 e. The van der Waals surface area contributed by atoms with Gasteiger partial charge in [-0.05, 0) is 57.2 Å². The van der Waals surface area contributed by atoms with Crippen LogP contribution in [0.5, 0.6) is 0 Å². The lowest BCUT2D eigenvalue weighted by Crippen LogP contribution is -2.44. The van der Waals surface area contributed by atoms with Crippen molar-refractivity contribution in [2.45, 2.75) is 91.0 Å². The standard InChI is InChI=1S/C23H37F3O3/c1-4-7-8-9-10-11-14-19(23(27,28-5-2)29-6-3)15-12-13-18-16-20(24)22(26)21(25)17-18/h16-17,19,27H,4-15H2,1-3H3. The Kier molecular flexibility index (Phi) is 12.5. The van der Waals surface area contributed by atoms with Gasteiger partial charge in [-0.15, -0.1) is 0 Å². The third-order valence-electron chi connectivity index (χ3n) is 5.19. The van der Waals surface area contributed by atoms with E-state index in [1.165, 1.54) is 19.3 Å². The fourth-order valence-corrected chi connectivity index (χ4v) is 3.68. The van der Waals surface area contributed by atoms with Crippen LogP contribution in [0.25, 0.3) is 0 Å². The Hall–Kier alpha value is -1.11. The molecule has 0 aliphatic rings. The van der Waals surface area contributed by atoms with E-state index in [-0.39, 0.29) is 5.92 Å². The fraction of sp³-hybridized carbons (Fsp3) is 0.739. The number of ether oxygens (including phenoxy) is 2. The molecule has 168 valence electrons. The highest BCUT2D eigenvalue weighted by atomic mass is 19.2. The number of hydrogen-bond donors (Lipinski definition) is 1. The molecule has 0 amide bonds. The molecule has 1 aromatic rings. The molecule has 3 nitrogen and oxygen atoms in total. The number of rotatable bonds is 16. The summed E-state index contributed by atoms with van der Waals surface area (Å²) in [7, 11) is 0. The van der Waals surface area contributed by atoms with Crippen molar-refractivity contribution >= 4 is 0 Å². The Bertz CT molecular complexity index is 551. The maximum atomic E-state index is 13.4. The van der Waals surface area contributed by atoms with Crippen molar-refractivity contribution in [3.8, 4) is 0 Å². The Morgan fingerprint density at radius 3 is 1.90 bits per heavy atom. The minimum absolute atomic E-state index is 0.247. The first-order valence-corrected chi connectivity index (χ1v) is 11.0. The summed E-state index contributed by atoms with van der Waals surface area (Å²) in [5.74, 6) is -5.71. The number of hydrogen-bond acceptors (Lipinski definition) is 3. The number of aryl methyl sites for hydroxylation is 1. The molecule has 0 aliphatic carbocycles. The average molecular weight is 419 g/mol. The normalized spacial score (nSPS) is 13.1. The highest BCUT2D eigenvalue weighted by Gasteiger charge is 2.38. The van der Waals surface area contributed by atoms with Gasteiger partial charge in [0, 0.05) is 19.1 Å². The number of unbranched alkanes of at least 4 members (excludes halogenated alkanes) is 5. The molecular formula is C23H37F3O3. The second-order valence-electron chi connectivity index (χ2n) is 7.52. The lowest BCUT2D eigenvalue weighted by molar-refractivity contribution is -0.385. The van der Waals surface area contributed by atoms with Gasteiger partial charge in [-0.1, -0.05) is 45.4 Å². The summed E-state index contributed by atoms with van der Waals surface area (Å²) < 4.78 is 51.0. The molecule has 0 bridgehead atoms. The van der Waals surface area contributed by atoms with Gasteiger partial charge in [-0.2, -0.15) is 0 Å².